The van der Waals surface area contributed by atoms with Gasteiger partial charge in [-0.15, -0.1) is 0 Å². The maximum atomic E-state index is 6.11. The standard InChI is InChI=1S/C20H22N2O3S/c1-14-12-22(13-19(25-14)15-5-3-2-4-6-15)20(26)21-16-7-8-17-18(11-16)24-10-9-23-17/h2-8,11,14,19H,9-10,12-13H2,1H3,(H,21,26)/t14-,19-/m1/s1. The molecule has 2 aliphatic rings. The van der Waals surface area contributed by atoms with Crippen LogP contribution in [0.1, 0.15) is 18.6 Å². The Balaban J connectivity index is 1.45. The van der Waals surface area contributed by atoms with Gasteiger partial charge in [-0.2, -0.15) is 0 Å². The molecule has 26 heavy (non-hydrogen) atoms. The number of ether oxygens (including phenoxy) is 3. The van der Waals surface area contributed by atoms with Crippen LogP contribution in [0, 0.1) is 0 Å². The molecule has 2 atom stereocenters. The van der Waals surface area contributed by atoms with E-state index in [1.54, 1.807) is 0 Å². The van der Waals surface area contributed by atoms with Crippen LogP contribution in [0.2, 0.25) is 0 Å². The Morgan fingerprint density at radius 1 is 1.04 bits per heavy atom. The second-order valence-electron chi connectivity index (χ2n) is 6.54. The van der Waals surface area contributed by atoms with Gasteiger partial charge in [0.05, 0.1) is 12.6 Å². The van der Waals surface area contributed by atoms with Crippen molar-refractivity contribution in [2.24, 2.45) is 0 Å². The first-order valence-electron chi connectivity index (χ1n) is 8.85. The Hall–Kier alpha value is -2.31. The van der Waals surface area contributed by atoms with Crippen molar-refractivity contribution in [3.8, 4) is 11.5 Å². The van der Waals surface area contributed by atoms with E-state index < -0.39 is 0 Å². The molecule has 2 heterocycles. The van der Waals surface area contributed by atoms with Crippen molar-refractivity contribution in [2.45, 2.75) is 19.1 Å². The lowest BCUT2D eigenvalue weighted by molar-refractivity contribution is -0.0589. The van der Waals surface area contributed by atoms with E-state index in [1.807, 2.05) is 36.4 Å². The predicted octanol–water partition coefficient (Wildman–Crippen LogP) is 3.62. The molecule has 0 amide bonds. The molecular weight excluding hydrogens is 348 g/mol. The van der Waals surface area contributed by atoms with E-state index in [9.17, 15) is 0 Å². The summed E-state index contributed by atoms with van der Waals surface area (Å²) in [5.41, 5.74) is 2.07. The molecule has 0 bridgehead atoms. The first-order valence-corrected chi connectivity index (χ1v) is 9.26. The highest BCUT2D eigenvalue weighted by atomic mass is 32.1. The molecule has 0 spiro atoms. The number of nitrogens with one attached hydrogen (secondary N) is 1. The smallest absolute Gasteiger partial charge is 0.173 e. The Kier molecular flexibility index (Phi) is 4.95. The number of fused-ring (bicyclic) bond motifs is 1. The monoisotopic (exact) mass is 370 g/mol. The van der Waals surface area contributed by atoms with Crippen LogP contribution in [-0.4, -0.2) is 42.4 Å². The van der Waals surface area contributed by atoms with Gasteiger partial charge in [0.1, 0.15) is 19.3 Å². The number of benzene rings is 2. The van der Waals surface area contributed by atoms with Gasteiger partial charge in [-0.3, -0.25) is 0 Å². The summed E-state index contributed by atoms with van der Waals surface area (Å²) in [7, 11) is 0. The SMILES string of the molecule is C[C@@H]1CN(C(=S)Nc2ccc3c(c2)OCCO3)C[C@H](c2ccccc2)O1. The number of thiocarbonyl (C=S) groups is 1. The van der Waals surface area contributed by atoms with Crippen molar-refractivity contribution < 1.29 is 14.2 Å². The fourth-order valence-electron chi connectivity index (χ4n) is 3.29. The van der Waals surface area contributed by atoms with Gasteiger partial charge in [0, 0.05) is 18.3 Å². The average Bonchev–Trinajstić information content (AvgIpc) is 2.68. The van der Waals surface area contributed by atoms with Crippen molar-refractivity contribution in [3.05, 3.63) is 54.1 Å². The summed E-state index contributed by atoms with van der Waals surface area (Å²) in [6.07, 6.45) is 0.119. The molecule has 0 aromatic heterocycles. The first-order chi connectivity index (χ1) is 12.7. The largest absolute Gasteiger partial charge is 0.486 e. The Labute approximate surface area is 158 Å². The number of hydrogen-bond donors (Lipinski definition) is 1. The van der Waals surface area contributed by atoms with Crippen LogP contribution in [0.3, 0.4) is 0 Å². The molecule has 2 aliphatic heterocycles. The second kappa shape index (κ2) is 7.51. The van der Waals surface area contributed by atoms with Gasteiger partial charge < -0.3 is 24.4 Å². The molecule has 0 aliphatic carbocycles. The quantitative estimate of drug-likeness (QED) is 0.815. The molecule has 2 aromatic carbocycles. The predicted molar refractivity (Wildman–Crippen MR) is 105 cm³/mol. The van der Waals surface area contributed by atoms with Crippen LogP contribution in [0.15, 0.2) is 48.5 Å². The van der Waals surface area contributed by atoms with Gasteiger partial charge in [0.25, 0.3) is 0 Å². The number of morpholine rings is 1. The van der Waals surface area contributed by atoms with Gasteiger partial charge in [-0.1, -0.05) is 30.3 Å². The molecule has 2 aromatic rings. The summed E-state index contributed by atoms with van der Waals surface area (Å²) < 4.78 is 17.3. The molecule has 1 saturated heterocycles. The zero-order valence-corrected chi connectivity index (χ0v) is 15.5. The molecule has 6 heteroatoms. The van der Waals surface area contributed by atoms with E-state index >= 15 is 0 Å². The van der Waals surface area contributed by atoms with E-state index in [4.69, 9.17) is 26.4 Å². The van der Waals surface area contributed by atoms with Gasteiger partial charge in [-0.25, -0.2) is 0 Å². The van der Waals surface area contributed by atoms with Crippen LogP contribution < -0.4 is 14.8 Å². The van der Waals surface area contributed by atoms with Crippen LogP contribution in [-0.2, 0) is 4.74 Å². The first kappa shape index (κ1) is 17.1. The van der Waals surface area contributed by atoms with E-state index in [0.29, 0.717) is 18.3 Å². The summed E-state index contributed by atoms with van der Waals surface area (Å²) in [6.45, 7) is 4.73. The lowest BCUT2D eigenvalue weighted by Crippen LogP contribution is -2.47. The Bertz CT molecular complexity index is 784. The minimum Gasteiger partial charge on any atom is -0.486 e. The molecule has 5 nitrogen and oxygen atoms in total. The summed E-state index contributed by atoms with van der Waals surface area (Å²) in [5.74, 6) is 1.53. The lowest BCUT2D eigenvalue weighted by Gasteiger charge is -2.38. The number of anilines is 1. The topological polar surface area (TPSA) is 43.0 Å². The lowest BCUT2D eigenvalue weighted by atomic mass is 10.1. The molecule has 0 radical (unpaired) electrons. The molecule has 1 N–H and O–H groups in total. The summed E-state index contributed by atoms with van der Waals surface area (Å²) in [5, 5.41) is 4.01. The normalized spacial score (nSPS) is 22.0. The summed E-state index contributed by atoms with van der Waals surface area (Å²) in [4.78, 5) is 2.16. The molecule has 136 valence electrons. The van der Waals surface area contributed by atoms with E-state index in [0.717, 1.165) is 30.3 Å². The molecule has 0 saturated carbocycles. The van der Waals surface area contributed by atoms with Crippen molar-refractivity contribution in [1.82, 2.24) is 4.90 Å². The Morgan fingerprint density at radius 2 is 1.81 bits per heavy atom. The fourth-order valence-corrected chi connectivity index (χ4v) is 3.56. The number of rotatable bonds is 2. The fraction of sp³-hybridized carbons (Fsp3) is 0.350. The number of nitrogens with zero attached hydrogens (tertiary/aromatic N) is 1. The maximum Gasteiger partial charge on any atom is 0.173 e. The van der Waals surface area contributed by atoms with Crippen molar-refractivity contribution >= 4 is 23.0 Å². The summed E-state index contributed by atoms with van der Waals surface area (Å²) in [6, 6.07) is 16.1. The highest BCUT2D eigenvalue weighted by Crippen LogP contribution is 2.33. The van der Waals surface area contributed by atoms with Crippen molar-refractivity contribution in [3.63, 3.8) is 0 Å². The van der Waals surface area contributed by atoms with Crippen LogP contribution in [0.4, 0.5) is 5.69 Å². The third-order valence-corrected chi connectivity index (χ3v) is 4.87. The minimum absolute atomic E-state index is 0.0139. The zero-order chi connectivity index (χ0) is 17.9. The third kappa shape index (κ3) is 3.76. The second-order valence-corrected chi connectivity index (χ2v) is 6.93. The highest BCUT2D eigenvalue weighted by molar-refractivity contribution is 7.80. The highest BCUT2D eigenvalue weighted by Gasteiger charge is 2.28. The van der Waals surface area contributed by atoms with Crippen LogP contribution in [0.25, 0.3) is 0 Å². The summed E-state index contributed by atoms with van der Waals surface area (Å²) >= 11 is 5.65. The van der Waals surface area contributed by atoms with Gasteiger partial charge >= 0.3 is 0 Å². The van der Waals surface area contributed by atoms with Gasteiger partial charge in [0.2, 0.25) is 0 Å². The minimum atomic E-state index is 0.0139. The maximum absolute atomic E-state index is 6.11. The van der Waals surface area contributed by atoms with E-state index in [-0.39, 0.29) is 12.2 Å². The van der Waals surface area contributed by atoms with E-state index in [2.05, 4.69) is 29.3 Å². The van der Waals surface area contributed by atoms with Gasteiger partial charge in [0.15, 0.2) is 16.6 Å². The van der Waals surface area contributed by atoms with Crippen LogP contribution >= 0.6 is 12.2 Å². The van der Waals surface area contributed by atoms with Crippen molar-refractivity contribution in [2.75, 3.05) is 31.6 Å². The molecule has 0 unspecified atom stereocenters. The molecular formula is C20H22N2O3S. The third-order valence-electron chi connectivity index (χ3n) is 4.51. The van der Waals surface area contributed by atoms with E-state index in [1.165, 1.54) is 5.56 Å². The van der Waals surface area contributed by atoms with Crippen LogP contribution in [0.5, 0.6) is 11.5 Å². The van der Waals surface area contributed by atoms with Crippen molar-refractivity contribution in [1.29, 1.82) is 0 Å². The average molecular weight is 370 g/mol. The van der Waals surface area contributed by atoms with Gasteiger partial charge in [-0.05, 0) is 36.8 Å². The Morgan fingerprint density at radius 3 is 2.62 bits per heavy atom. The molecule has 4 rings (SSSR count). The zero-order valence-electron chi connectivity index (χ0n) is 14.7. The molecule has 1 fully saturated rings. The number of hydrogen-bond acceptors (Lipinski definition) is 4.